The van der Waals surface area contributed by atoms with E-state index in [1.54, 1.807) is 0 Å². The van der Waals surface area contributed by atoms with Crippen molar-refractivity contribution in [3.8, 4) is 0 Å². The number of hydrogen-bond donors (Lipinski definition) is 1. The number of nitrogens with zero attached hydrogens (tertiary/aromatic N) is 2. The Balaban J connectivity index is 1.93. The lowest BCUT2D eigenvalue weighted by Gasteiger charge is -2.43. The summed E-state index contributed by atoms with van der Waals surface area (Å²) in [6, 6.07) is 0. The van der Waals surface area contributed by atoms with Gasteiger partial charge >= 0.3 is 0 Å². The third kappa shape index (κ3) is 5.17. The Bertz CT molecular complexity index is 542. The average Bonchev–Trinajstić information content (AvgIpc) is 2.60. The Morgan fingerprint density at radius 1 is 1.20 bits per heavy atom. The molecule has 25 heavy (non-hydrogen) atoms. The highest BCUT2D eigenvalue weighted by Gasteiger charge is 2.36. The van der Waals surface area contributed by atoms with Crippen LogP contribution in [0.5, 0.6) is 0 Å². The van der Waals surface area contributed by atoms with Gasteiger partial charge in [0.1, 0.15) is 0 Å². The Morgan fingerprint density at radius 2 is 1.88 bits per heavy atom. The maximum absolute atomic E-state index is 12.7. The number of carbonyl (C=O) groups is 1. The van der Waals surface area contributed by atoms with Crippen LogP contribution in [0.4, 0.5) is 0 Å². The number of sulfonamides is 1. The van der Waals surface area contributed by atoms with E-state index < -0.39 is 10.0 Å². The molecule has 1 aliphatic heterocycles. The molecule has 1 aliphatic carbocycles. The minimum Gasteiger partial charge on any atom is -0.354 e. The predicted octanol–water partition coefficient (Wildman–Crippen LogP) is 1.82. The van der Waals surface area contributed by atoms with Gasteiger partial charge in [-0.1, -0.05) is 26.2 Å². The molecule has 1 N–H and O–H groups in total. The van der Waals surface area contributed by atoms with Crippen molar-refractivity contribution >= 4 is 15.9 Å². The quantitative estimate of drug-likeness (QED) is 0.739. The van der Waals surface area contributed by atoms with Crippen molar-refractivity contribution in [1.29, 1.82) is 0 Å². The first-order valence-electron chi connectivity index (χ1n) is 9.74. The highest BCUT2D eigenvalue weighted by atomic mass is 32.2. The Kier molecular flexibility index (Phi) is 7.29. The van der Waals surface area contributed by atoms with E-state index in [9.17, 15) is 13.2 Å². The molecule has 146 valence electrons. The van der Waals surface area contributed by atoms with Crippen LogP contribution in [-0.4, -0.2) is 68.6 Å². The number of piperidine rings is 1. The molecule has 1 amide bonds. The molecule has 1 saturated carbocycles. The Labute approximate surface area is 153 Å². The Hall–Kier alpha value is -0.660. The molecule has 1 saturated heterocycles. The second-order valence-electron chi connectivity index (χ2n) is 7.91. The fourth-order valence-electron chi connectivity index (χ4n) is 4.18. The SMILES string of the molecule is CCCS(=O)(=O)N1CCC[C@H](C(=O)NCC2(N(C)C)CCCCC2)C1. The van der Waals surface area contributed by atoms with Gasteiger partial charge in [0, 0.05) is 25.2 Å². The third-order valence-corrected chi connectivity index (χ3v) is 7.98. The molecule has 0 radical (unpaired) electrons. The molecule has 6 nitrogen and oxygen atoms in total. The molecule has 0 unspecified atom stereocenters. The summed E-state index contributed by atoms with van der Waals surface area (Å²) in [5, 5.41) is 3.15. The zero-order valence-corrected chi connectivity index (χ0v) is 16.9. The van der Waals surface area contributed by atoms with Crippen molar-refractivity contribution in [2.24, 2.45) is 5.92 Å². The first-order valence-corrected chi connectivity index (χ1v) is 11.3. The molecule has 1 heterocycles. The van der Waals surface area contributed by atoms with Crippen molar-refractivity contribution < 1.29 is 13.2 Å². The lowest BCUT2D eigenvalue weighted by atomic mass is 9.80. The summed E-state index contributed by atoms with van der Waals surface area (Å²) >= 11 is 0. The number of nitrogens with one attached hydrogen (secondary N) is 1. The molecular weight excluding hydrogens is 338 g/mol. The molecule has 2 fully saturated rings. The molecule has 0 bridgehead atoms. The van der Waals surface area contributed by atoms with Gasteiger partial charge in [-0.15, -0.1) is 0 Å². The van der Waals surface area contributed by atoms with Gasteiger partial charge in [0.2, 0.25) is 15.9 Å². The van der Waals surface area contributed by atoms with Gasteiger partial charge < -0.3 is 10.2 Å². The van der Waals surface area contributed by atoms with E-state index in [0.717, 1.165) is 25.7 Å². The van der Waals surface area contributed by atoms with Crippen molar-refractivity contribution in [2.45, 2.75) is 63.8 Å². The van der Waals surface area contributed by atoms with E-state index in [1.165, 1.54) is 23.6 Å². The van der Waals surface area contributed by atoms with Gasteiger partial charge in [0.15, 0.2) is 0 Å². The van der Waals surface area contributed by atoms with Crippen LogP contribution in [0.15, 0.2) is 0 Å². The van der Waals surface area contributed by atoms with E-state index in [4.69, 9.17) is 0 Å². The fourth-order valence-corrected chi connectivity index (χ4v) is 5.77. The molecule has 0 aromatic heterocycles. The van der Waals surface area contributed by atoms with E-state index in [0.29, 0.717) is 26.1 Å². The van der Waals surface area contributed by atoms with E-state index in [-0.39, 0.29) is 23.1 Å². The molecular formula is C18H35N3O3S. The largest absolute Gasteiger partial charge is 0.354 e. The topological polar surface area (TPSA) is 69.7 Å². The normalized spacial score (nSPS) is 25.0. The van der Waals surface area contributed by atoms with E-state index in [1.807, 2.05) is 6.92 Å². The lowest BCUT2D eigenvalue weighted by Crippen LogP contribution is -2.55. The summed E-state index contributed by atoms with van der Waals surface area (Å²) in [6.45, 7) is 3.42. The minimum absolute atomic E-state index is 0.0168. The van der Waals surface area contributed by atoms with Gasteiger partial charge in [-0.2, -0.15) is 0 Å². The van der Waals surface area contributed by atoms with Gasteiger partial charge in [-0.3, -0.25) is 4.79 Å². The van der Waals surface area contributed by atoms with Crippen molar-refractivity contribution in [2.75, 3.05) is 39.5 Å². The summed E-state index contributed by atoms with van der Waals surface area (Å²) in [5.41, 5.74) is 0.0521. The van der Waals surface area contributed by atoms with Crippen LogP contribution in [-0.2, 0) is 14.8 Å². The smallest absolute Gasteiger partial charge is 0.224 e. The van der Waals surface area contributed by atoms with Crippen LogP contribution in [0, 0.1) is 5.92 Å². The van der Waals surface area contributed by atoms with Gasteiger partial charge in [-0.25, -0.2) is 12.7 Å². The maximum atomic E-state index is 12.7. The van der Waals surface area contributed by atoms with Crippen LogP contribution in [0.1, 0.15) is 58.3 Å². The summed E-state index contributed by atoms with van der Waals surface area (Å²) in [7, 11) is 0.973. The van der Waals surface area contributed by atoms with Crippen LogP contribution in [0.3, 0.4) is 0 Å². The zero-order valence-electron chi connectivity index (χ0n) is 16.1. The lowest BCUT2D eigenvalue weighted by molar-refractivity contribution is -0.126. The number of carbonyl (C=O) groups excluding carboxylic acids is 1. The summed E-state index contributed by atoms with van der Waals surface area (Å²) < 4.78 is 26.1. The molecule has 0 aromatic rings. The summed E-state index contributed by atoms with van der Waals surface area (Å²) in [6.07, 6.45) is 8.07. The zero-order chi connectivity index (χ0) is 18.5. The maximum Gasteiger partial charge on any atom is 0.224 e. The standard InChI is InChI=1S/C18H35N3O3S/c1-4-13-25(23,24)21-12-8-9-16(14-21)17(22)19-15-18(20(2)3)10-6-5-7-11-18/h16H,4-15H2,1-3H3,(H,19,22)/t16-/m0/s1. The van der Waals surface area contributed by atoms with Crippen molar-refractivity contribution in [1.82, 2.24) is 14.5 Å². The highest BCUT2D eigenvalue weighted by molar-refractivity contribution is 7.89. The number of hydrogen-bond acceptors (Lipinski definition) is 4. The van der Waals surface area contributed by atoms with Crippen molar-refractivity contribution in [3.63, 3.8) is 0 Å². The first-order chi connectivity index (χ1) is 11.8. The molecule has 0 aromatic carbocycles. The number of amides is 1. The first kappa shape index (κ1) is 20.6. The number of likely N-dealkylation sites (N-methyl/N-ethyl adjacent to an activating group) is 1. The predicted molar refractivity (Wildman–Crippen MR) is 101 cm³/mol. The van der Waals surface area contributed by atoms with Crippen molar-refractivity contribution in [3.05, 3.63) is 0 Å². The summed E-state index contributed by atoms with van der Waals surface area (Å²) in [4.78, 5) is 14.9. The second kappa shape index (κ2) is 8.82. The van der Waals surface area contributed by atoms with E-state index in [2.05, 4.69) is 24.3 Å². The molecule has 1 atom stereocenters. The fraction of sp³-hybridized carbons (Fsp3) is 0.944. The second-order valence-corrected chi connectivity index (χ2v) is 10.00. The van der Waals surface area contributed by atoms with Gasteiger partial charge in [0.05, 0.1) is 11.7 Å². The monoisotopic (exact) mass is 373 g/mol. The molecule has 7 heteroatoms. The third-order valence-electron chi connectivity index (χ3n) is 5.94. The van der Waals surface area contributed by atoms with Crippen LogP contribution in [0.2, 0.25) is 0 Å². The minimum atomic E-state index is -3.22. The molecule has 0 spiro atoms. The van der Waals surface area contributed by atoms with Crippen LogP contribution in [0.25, 0.3) is 0 Å². The van der Waals surface area contributed by atoms with Crippen LogP contribution < -0.4 is 5.32 Å². The van der Waals surface area contributed by atoms with Crippen LogP contribution >= 0.6 is 0 Å². The van der Waals surface area contributed by atoms with Gasteiger partial charge in [-0.05, 0) is 46.2 Å². The molecule has 2 rings (SSSR count). The van der Waals surface area contributed by atoms with Gasteiger partial charge in [0.25, 0.3) is 0 Å². The van der Waals surface area contributed by atoms with E-state index >= 15 is 0 Å². The summed E-state index contributed by atoms with van der Waals surface area (Å²) in [5.74, 6) is -0.0307. The molecule has 2 aliphatic rings. The Morgan fingerprint density at radius 3 is 2.48 bits per heavy atom. The average molecular weight is 374 g/mol. The number of rotatable bonds is 7. The highest BCUT2D eigenvalue weighted by Crippen LogP contribution is 2.31.